The molecule has 0 fully saturated rings. The predicted molar refractivity (Wildman–Crippen MR) is 71.0 cm³/mol. The molecule has 0 saturated heterocycles. The molecule has 18 heavy (non-hydrogen) atoms. The number of carbonyl (C=O) groups is 2. The summed E-state index contributed by atoms with van der Waals surface area (Å²) in [5.74, 6) is -0.434. The number of benzene rings is 1. The highest BCUT2D eigenvalue weighted by atomic mass is 16.5. The van der Waals surface area contributed by atoms with Gasteiger partial charge in [0.05, 0.1) is 24.0 Å². The Balaban J connectivity index is 3.36. The quantitative estimate of drug-likeness (QED) is 0.640. The molecule has 0 spiro atoms. The molecule has 1 rings (SSSR count). The molecule has 1 N–H and O–H groups in total. The summed E-state index contributed by atoms with van der Waals surface area (Å²) >= 11 is 0. The van der Waals surface area contributed by atoms with Gasteiger partial charge in [-0.1, -0.05) is 6.07 Å². The molecule has 1 aromatic carbocycles. The van der Waals surface area contributed by atoms with Gasteiger partial charge in [-0.25, -0.2) is 4.79 Å². The predicted octanol–water partition coefficient (Wildman–Crippen LogP) is 1.89. The minimum Gasteiger partial charge on any atom is -0.465 e. The molecular formula is C13H18N2O3. The second-order valence-corrected chi connectivity index (χ2v) is 4.05. The van der Waals surface area contributed by atoms with Crippen molar-refractivity contribution >= 4 is 23.8 Å². The van der Waals surface area contributed by atoms with Gasteiger partial charge in [-0.3, -0.25) is 4.79 Å². The van der Waals surface area contributed by atoms with Crippen molar-refractivity contribution in [3.8, 4) is 0 Å². The van der Waals surface area contributed by atoms with Gasteiger partial charge >= 0.3 is 5.97 Å². The first-order chi connectivity index (χ1) is 8.56. The van der Waals surface area contributed by atoms with E-state index in [4.69, 9.17) is 4.74 Å². The zero-order valence-corrected chi connectivity index (χ0v) is 11.1. The van der Waals surface area contributed by atoms with Gasteiger partial charge in [-0.05, 0) is 26.0 Å². The molecule has 0 aromatic heterocycles. The van der Waals surface area contributed by atoms with E-state index in [-0.39, 0.29) is 6.04 Å². The average Bonchev–Trinajstić information content (AvgIpc) is 2.37. The Morgan fingerprint density at radius 1 is 1.44 bits per heavy atom. The molecule has 0 bridgehead atoms. The van der Waals surface area contributed by atoms with Crippen LogP contribution in [0.15, 0.2) is 18.2 Å². The van der Waals surface area contributed by atoms with E-state index in [2.05, 4.69) is 5.32 Å². The summed E-state index contributed by atoms with van der Waals surface area (Å²) in [4.78, 5) is 24.4. The summed E-state index contributed by atoms with van der Waals surface area (Å²) in [7, 11) is 3.03. The van der Waals surface area contributed by atoms with Crippen molar-refractivity contribution in [2.75, 3.05) is 24.4 Å². The van der Waals surface area contributed by atoms with Crippen molar-refractivity contribution in [2.45, 2.75) is 19.9 Å². The fourth-order valence-corrected chi connectivity index (χ4v) is 1.75. The number of methoxy groups -OCH3 is 1. The third-order valence-electron chi connectivity index (χ3n) is 2.65. The highest BCUT2D eigenvalue weighted by molar-refractivity contribution is 6.01. The molecule has 5 heteroatoms. The number of carbonyl (C=O) groups excluding carboxylic acids is 2. The minimum atomic E-state index is -0.434. The zero-order chi connectivity index (χ0) is 13.7. The molecule has 0 atom stereocenters. The van der Waals surface area contributed by atoms with Gasteiger partial charge in [0.25, 0.3) is 0 Å². The van der Waals surface area contributed by atoms with E-state index in [1.807, 2.05) is 13.8 Å². The third-order valence-corrected chi connectivity index (χ3v) is 2.65. The van der Waals surface area contributed by atoms with Crippen LogP contribution in [0.1, 0.15) is 24.2 Å². The highest BCUT2D eigenvalue weighted by Crippen LogP contribution is 2.30. The number of esters is 1. The van der Waals surface area contributed by atoms with Crippen LogP contribution in [0.3, 0.4) is 0 Å². The Hall–Kier alpha value is -2.04. The van der Waals surface area contributed by atoms with Crippen LogP contribution in [0.25, 0.3) is 0 Å². The summed E-state index contributed by atoms with van der Waals surface area (Å²) in [5, 5.41) is 2.95. The number of anilines is 2. The summed E-state index contributed by atoms with van der Waals surface area (Å²) in [5.41, 5.74) is 1.65. The first-order valence-corrected chi connectivity index (χ1v) is 5.69. The molecule has 0 saturated carbocycles. The Kier molecular flexibility index (Phi) is 4.71. The van der Waals surface area contributed by atoms with E-state index >= 15 is 0 Å². The molecule has 0 radical (unpaired) electrons. The normalized spacial score (nSPS) is 10.1. The van der Waals surface area contributed by atoms with Crippen LogP contribution in [-0.4, -0.2) is 32.6 Å². The molecule has 1 amide bonds. The van der Waals surface area contributed by atoms with E-state index in [1.165, 1.54) is 7.11 Å². The lowest BCUT2D eigenvalue weighted by Crippen LogP contribution is -2.30. The Morgan fingerprint density at radius 2 is 2.11 bits per heavy atom. The molecule has 98 valence electrons. The van der Waals surface area contributed by atoms with Crippen molar-refractivity contribution in [3.05, 3.63) is 23.8 Å². The average molecular weight is 250 g/mol. The summed E-state index contributed by atoms with van der Waals surface area (Å²) in [6.07, 6.45) is 0.752. The van der Waals surface area contributed by atoms with Gasteiger partial charge in [-0.15, -0.1) is 0 Å². The van der Waals surface area contributed by atoms with E-state index in [9.17, 15) is 9.59 Å². The fraction of sp³-hybridized carbons (Fsp3) is 0.385. The van der Waals surface area contributed by atoms with Crippen LogP contribution in [-0.2, 0) is 9.53 Å². The maximum Gasteiger partial charge on any atom is 0.340 e. The summed E-state index contributed by atoms with van der Waals surface area (Å²) in [6, 6.07) is 5.17. The van der Waals surface area contributed by atoms with Crippen molar-refractivity contribution < 1.29 is 14.3 Å². The zero-order valence-electron chi connectivity index (χ0n) is 11.1. The number of ether oxygens (including phenoxy) is 1. The number of nitrogens with zero attached hydrogens (tertiary/aromatic N) is 1. The molecular weight excluding hydrogens is 232 g/mol. The van der Waals surface area contributed by atoms with Crippen molar-refractivity contribution in [3.63, 3.8) is 0 Å². The van der Waals surface area contributed by atoms with Gasteiger partial charge in [0.15, 0.2) is 0 Å². The van der Waals surface area contributed by atoms with Crippen LogP contribution in [0, 0.1) is 0 Å². The number of para-hydroxylation sites is 1. The standard InChI is InChI=1S/C13H18N2O3/c1-9(2)15(8-16)11-7-5-6-10(12(11)14-3)13(17)18-4/h5-9,14H,1-4H3. The summed E-state index contributed by atoms with van der Waals surface area (Å²) in [6.45, 7) is 3.80. The van der Waals surface area contributed by atoms with Crippen LogP contribution >= 0.6 is 0 Å². The molecule has 0 aliphatic heterocycles. The van der Waals surface area contributed by atoms with Gasteiger partial charge < -0.3 is 15.0 Å². The van der Waals surface area contributed by atoms with Crippen LogP contribution < -0.4 is 10.2 Å². The molecule has 0 aliphatic carbocycles. The largest absolute Gasteiger partial charge is 0.465 e. The Morgan fingerprint density at radius 3 is 2.56 bits per heavy atom. The molecule has 0 aliphatic rings. The number of amides is 1. The Bertz CT molecular complexity index is 444. The topological polar surface area (TPSA) is 58.6 Å². The van der Waals surface area contributed by atoms with Crippen molar-refractivity contribution in [1.29, 1.82) is 0 Å². The lowest BCUT2D eigenvalue weighted by Gasteiger charge is -2.25. The van der Waals surface area contributed by atoms with E-state index < -0.39 is 5.97 Å². The maximum absolute atomic E-state index is 11.7. The molecule has 1 aromatic rings. The van der Waals surface area contributed by atoms with Gasteiger partial charge in [-0.2, -0.15) is 0 Å². The summed E-state index contributed by atoms with van der Waals surface area (Å²) < 4.78 is 4.72. The first kappa shape index (κ1) is 14.0. The van der Waals surface area contributed by atoms with Crippen LogP contribution in [0.4, 0.5) is 11.4 Å². The van der Waals surface area contributed by atoms with E-state index in [0.717, 1.165) is 6.41 Å². The number of rotatable bonds is 5. The molecule has 0 heterocycles. The SMILES string of the molecule is CNc1c(C(=O)OC)cccc1N(C=O)C(C)C. The monoisotopic (exact) mass is 250 g/mol. The first-order valence-electron chi connectivity index (χ1n) is 5.69. The van der Waals surface area contributed by atoms with Gasteiger partial charge in [0.2, 0.25) is 6.41 Å². The minimum absolute atomic E-state index is 0.00231. The van der Waals surface area contributed by atoms with Crippen molar-refractivity contribution in [1.82, 2.24) is 0 Å². The lowest BCUT2D eigenvalue weighted by atomic mass is 10.1. The maximum atomic E-state index is 11.7. The smallest absolute Gasteiger partial charge is 0.340 e. The van der Waals surface area contributed by atoms with Crippen LogP contribution in [0.2, 0.25) is 0 Å². The highest BCUT2D eigenvalue weighted by Gasteiger charge is 2.19. The van der Waals surface area contributed by atoms with Crippen molar-refractivity contribution in [2.24, 2.45) is 0 Å². The van der Waals surface area contributed by atoms with E-state index in [0.29, 0.717) is 16.9 Å². The second-order valence-electron chi connectivity index (χ2n) is 4.05. The van der Waals surface area contributed by atoms with Gasteiger partial charge in [0.1, 0.15) is 0 Å². The lowest BCUT2D eigenvalue weighted by molar-refractivity contribution is -0.107. The molecule has 0 unspecified atom stereocenters. The van der Waals surface area contributed by atoms with E-state index in [1.54, 1.807) is 30.1 Å². The molecule has 5 nitrogen and oxygen atoms in total. The fourth-order valence-electron chi connectivity index (χ4n) is 1.75. The number of hydrogen-bond acceptors (Lipinski definition) is 4. The van der Waals surface area contributed by atoms with Gasteiger partial charge in [0, 0.05) is 13.1 Å². The number of nitrogens with one attached hydrogen (secondary N) is 1. The second kappa shape index (κ2) is 6.05. The third kappa shape index (κ3) is 2.61. The number of hydrogen-bond donors (Lipinski definition) is 1. The Labute approximate surface area is 107 Å². The van der Waals surface area contributed by atoms with Crippen LogP contribution in [0.5, 0.6) is 0 Å².